The normalized spacial score (nSPS) is 20.5. The summed E-state index contributed by atoms with van der Waals surface area (Å²) < 4.78 is 2.78. The fourth-order valence-corrected chi connectivity index (χ4v) is 4.86. The first-order chi connectivity index (χ1) is 15.7. The minimum atomic E-state index is -1.81. The molecule has 1 aliphatic heterocycles. The number of carbonyl (C=O) groups excluding carboxylic acids is 1. The maximum absolute atomic E-state index is 12.8. The molecular formula is C22H24IN7O3. The molecule has 1 saturated heterocycles. The molecule has 0 aromatic carbocycles. The standard InChI is InChI=1S/C22H24IN7O3/c1-13-9-29(21(32)22(3,33)11-31)14(2)8-28(13)19-18-16(23)10-30(20(18)27-12-26-19)17-6-15(7-24)4-5-25-17/h4-6,10,12-14,31,33H,8-9,11H2,1-3H3/t13-,14+,22?/m1/s1. The third-order valence-electron chi connectivity index (χ3n) is 5.93. The molecule has 10 nitrogen and oxygen atoms in total. The van der Waals surface area contributed by atoms with E-state index in [1.54, 1.807) is 23.2 Å². The van der Waals surface area contributed by atoms with Crippen molar-refractivity contribution < 1.29 is 15.0 Å². The summed E-state index contributed by atoms with van der Waals surface area (Å²) in [5, 5.41) is 29.8. The van der Waals surface area contributed by atoms with Gasteiger partial charge in [-0.1, -0.05) is 0 Å². The maximum Gasteiger partial charge on any atom is 0.257 e. The summed E-state index contributed by atoms with van der Waals surface area (Å²) in [4.78, 5) is 30.0. The molecular weight excluding hydrogens is 537 g/mol. The van der Waals surface area contributed by atoms with Crippen molar-refractivity contribution in [2.24, 2.45) is 0 Å². The van der Waals surface area contributed by atoms with E-state index < -0.39 is 18.1 Å². The second-order valence-electron chi connectivity index (χ2n) is 8.50. The number of anilines is 1. The Kier molecular flexibility index (Phi) is 6.26. The molecule has 3 aromatic rings. The van der Waals surface area contributed by atoms with Gasteiger partial charge in [0.15, 0.2) is 11.2 Å². The van der Waals surface area contributed by atoms with E-state index in [1.165, 1.54) is 13.3 Å². The predicted octanol–water partition coefficient (Wildman–Crippen LogP) is 1.46. The van der Waals surface area contributed by atoms with Crippen molar-refractivity contribution in [3.8, 4) is 11.9 Å². The lowest BCUT2D eigenvalue weighted by atomic mass is 10.0. The number of rotatable bonds is 4. The van der Waals surface area contributed by atoms with Gasteiger partial charge in [-0.15, -0.1) is 0 Å². The SMILES string of the molecule is C[C@@H]1CN(C(=O)C(C)(O)CO)[C@@H](C)CN1c1ncnc2c1c(I)cn2-c1cc(C#N)ccn1. The Morgan fingerprint density at radius 2 is 2.06 bits per heavy atom. The zero-order chi connectivity index (χ0) is 23.9. The Morgan fingerprint density at radius 3 is 2.76 bits per heavy atom. The van der Waals surface area contributed by atoms with Crippen LogP contribution in [0.5, 0.6) is 0 Å². The Balaban J connectivity index is 1.72. The number of pyridine rings is 1. The van der Waals surface area contributed by atoms with Gasteiger partial charge in [-0.3, -0.25) is 9.36 Å². The van der Waals surface area contributed by atoms with Crippen LogP contribution in [0.25, 0.3) is 16.9 Å². The van der Waals surface area contributed by atoms with E-state index in [9.17, 15) is 20.3 Å². The summed E-state index contributed by atoms with van der Waals surface area (Å²) in [7, 11) is 0. The molecule has 2 N–H and O–H groups in total. The van der Waals surface area contributed by atoms with Crippen molar-refractivity contribution in [1.29, 1.82) is 5.26 Å². The topological polar surface area (TPSA) is 131 Å². The van der Waals surface area contributed by atoms with Crippen LogP contribution in [-0.2, 0) is 4.79 Å². The van der Waals surface area contributed by atoms with Gasteiger partial charge in [0.2, 0.25) is 0 Å². The summed E-state index contributed by atoms with van der Waals surface area (Å²) in [6.07, 6.45) is 5.01. The van der Waals surface area contributed by atoms with Gasteiger partial charge >= 0.3 is 0 Å². The van der Waals surface area contributed by atoms with Crippen molar-refractivity contribution in [2.45, 2.75) is 38.5 Å². The fourth-order valence-electron chi connectivity index (χ4n) is 4.10. The zero-order valence-electron chi connectivity index (χ0n) is 18.5. The monoisotopic (exact) mass is 561 g/mol. The smallest absolute Gasteiger partial charge is 0.257 e. The number of aliphatic hydroxyl groups excluding tert-OH is 1. The molecule has 1 fully saturated rings. The van der Waals surface area contributed by atoms with Crippen LogP contribution in [-0.4, -0.2) is 77.9 Å². The van der Waals surface area contributed by atoms with Gasteiger partial charge in [-0.25, -0.2) is 15.0 Å². The first-order valence-corrected chi connectivity index (χ1v) is 11.5. The Bertz CT molecular complexity index is 1250. The minimum Gasteiger partial charge on any atom is -0.393 e. The van der Waals surface area contributed by atoms with Gasteiger partial charge in [0, 0.05) is 41.1 Å². The highest BCUT2D eigenvalue weighted by atomic mass is 127. The first kappa shape index (κ1) is 23.3. The minimum absolute atomic E-state index is 0.0862. The number of nitriles is 1. The van der Waals surface area contributed by atoms with E-state index in [4.69, 9.17) is 0 Å². The third kappa shape index (κ3) is 4.14. The Hall–Kier alpha value is -2.82. The molecule has 0 saturated carbocycles. The average Bonchev–Trinajstić information content (AvgIpc) is 3.16. The van der Waals surface area contributed by atoms with E-state index in [-0.39, 0.29) is 12.1 Å². The summed E-state index contributed by atoms with van der Waals surface area (Å²) in [6.45, 7) is 5.49. The van der Waals surface area contributed by atoms with Gasteiger partial charge < -0.3 is 20.0 Å². The molecule has 1 amide bonds. The number of piperazine rings is 1. The van der Waals surface area contributed by atoms with E-state index in [2.05, 4.69) is 48.5 Å². The molecule has 1 aliphatic rings. The van der Waals surface area contributed by atoms with Crippen LogP contribution in [0.3, 0.4) is 0 Å². The highest BCUT2D eigenvalue weighted by Gasteiger charge is 2.40. The Morgan fingerprint density at radius 1 is 1.30 bits per heavy atom. The van der Waals surface area contributed by atoms with Crippen LogP contribution in [0.4, 0.5) is 5.82 Å². The molecule has 0 aliphatic carbocycles. The first-order valence-electron chi connectivity index (χ1n) is 10.5. The number of aromatic nitrogens is 4. The van der Waals surface area contributed by atoms with Gasteiger partial charge in [-0.2, -0.15) is 5.26 Å². The number of hydrogen-bond acceptors (Lipinski definition) is 8. The fraction of sp³-hybridized carbons (Fsp3) is 0.409. The lowest BCUT2D eigenvalue weighted by Gasteiger charge is -2.46. The second kappa shape index (κ2) is 8.85. The number of carbonyl (C=O) groups is 1. The van der Waals surface area contributed by atoms with Gasteiger partial charge in [0.05, 0.1) is 23.6 Å². The number of fused-ring (bicyclic) bond motifs is 1. The lowest BCUT2D eigenvalue weighted by molar-refractivity contribution is -0.156. The third-order valence-corrected chi connectivity index (χ3v) is 6.74. The molecule has 11 heteroatoms. The Labute approximate surface area is 204 Å². The molecule has 0 spiro atoms. The summed E-state index contributed by atoms with van der Waals surface area (Å²) in [6, 6.07) is 5.20. The van der Waals surface area contributed by atoms with E-state index >= 15 is 0 Å². The van der Waals surface area contributed by atoms with Crippen LogP contribution >= 0.6 is 22.6 Å². The van der Waals surface area contributed by atoms with Crippen molar-refractivity contribution in [1.82, 2.24) is 24.4 Å². The molecule has 4 heterocycles. The second-order valence-corrected chi connectivity index (χ2v) is 9.66. The highest BCUT2D eigenvalue weighted by molar-refractivity contribution is 14.1. The molecule has 0 bridgehead atoms. The van der Waals surface area contributed by atoms with Gasteiger partial charge in [-0.05, 0) is 55.5 Å². The van der Waals surface area contributed by atoms with Crippen molar-refractivity contribution in [2.75, 3.05) is 24.6 Å². The van der Waals surface area contributed by atoms with Crippen LogP contribution in [0.1, 0.15) is 26.3 Å². The van der Waals surface area contributed by atoms with Gasteiger partial charge in [0.25, 0.3) is 5.91 Å². The van der Waals surface area contributed by atoms with Crippen molar-refractivity contribution in [3.63, 3.8) is 0 Å². The van der Waals surface area contributed by atoms with E-state index in [0.717, 1.165) is 14.8 Å². The lowest BCUT2D eigenvalue weighted by Crippen LogP contribution is -2.62. The van der Waals surface area contributed by atoms with Crippen LogP contribution < -0.4 is 4.90 Å². The summed E-state index contributed by atoms with van der Waals surface area (Å²) in [5.41, 5.74) is -0.627. The number of nitrogens with zero attached hydrogens (tertiary/aromatic N) is 7. The van der Waals surface area contributed by atoms with Crippen LogP contribution in [0.2, 0.25) is 0 Å². The molecule has 4 rings (SSSR count). The number of halogens is 1. The number of amides is 1. The molecule has 0 radical (unpaired) electrons. The molecule has 3 aromatic heterocycles. The van der Waals surface area contributed by atoms with Crippen molar-refractivity contribution in [3.05, 3.63) is 40.0 Å². The van der Waals surface area contributed by atoms with Gasteiger partial charge in [0.1, 0.15) is 18.0 Å². The molecule has 1 unspecified atom stereocenters. The zero-order valence-corrected chi connectivity index (χ0v) is 20.6. The van der Waals surface area contributed by atoms with E-state index in [1.807, 2.05) is 24.6 Å². The number of hydrogen-bond donors (Lipinski definition) is 2. The largest absolute Gasteiger partial charge is 0.393 e. The summed E-state index contributed by atoms with van der Waals surface area (Å²) >= 11 is 2.24. The molecule has 172 valence electrons. The molecule has 3 atom stereocenters. The summed E-state index contributed by atoms with van der Waals surface area (Å²) in [5.74, 6) is 0.857. The predicted molar refractivity (Wildman–Crippen MR) is 130 cm³/mol. The maximum atomic E-state index is 12.8. The number of aliphatic hydroxyl groups is 2. The van der Waals surface area contributed by atoms with Crippen LogP contribution in [0.15, 0.2) is 30.9 Å². The van der Waals surface area contributed by atoms with Crippen LogP contribution in [0, 0.1) is 14.9 Å². The molecule has 33 heavy (non-hydrogen) atoms. The highest BCUT2D eigenvalue weighted by Crippen LogP contribution is 2.33. The van der Waals surface area contributed by atoms with E-state index in [0.29, 0.717) is 30.1 Å². The quantitative estimate of drug-likeness (QED) is 0.458. The average molecular weight is 561 g/mol. The van der Waals surface area contributed by atoms with Crippen molar-refractivity contribution >= 4 is 45.3 Å².